The Hall–Kier alpha value is -1.00. The predicted molar refractivity (Wildman–Crippen MR) is 79.8 cm³/mol. The van der Waals surface area contributed by atoms with Crippen LogP contribution in [0.15, 0.2) is 29.0 Å². The molecule has 2 rings (SSSR count). The lowest BCUT2D eigenvalue weighted by molar-refractivity contribution is 0.402. The van der Waals surface area contributed by atoms with Crippen LogP contribution in [0.25, 0.3) is 11.3 Å². The Morgan fingerprint density at radius 3 is 2.50 bits per heavy atom. The maximum Gasteiger partial charge on any atom is 0.132 e. The van der Waals surface area contributed by atoms with Gasteiger partial charge in [0.05, 0.1) is 11.3 Å². The monoisotopic (exact) mass is 327 g/mol. The third-order valence-corrected chi connectivity index (χ3v) is 3.93. The van der Waals surface area contributed by atoms with Crippen molar-refractivity contribution >= 4 is 33.3 Å². The molecule has 0 fully saturated rings. The third-order valence-electron chi connectivity index (χ3n) is 2.72. The van der Waals surface area contributed by atoms with Gasteiger partial charge in [-0.05, 0) is 48.8 Å². The Bertz CT molecular complexity index is 584. The molecule has 1 heterocycles. The predicted octanol–water partition coefficient (Wildman–Crippen LogP) is 4.30. The second-order valence-electron chi connectivity index (χ2n) is 5.15. The van der Waals surface area contributed by atoms with Crippen molar-refractivity contribution in [3.8, 4) is 11.3 Å². The molecule has 0 spiro atoms. The SMILES string of the molecule is CC(C)(C)n1cnc(-c2ccc(Cl)c(Br)c2)c1N. The van der Waals surface area contributed by atoms with Crippen LogP contribution < -0.4 is 5.73 Å². The van der Waals surface area contributed by atoms with Crippen molar-refractivity contribution in [3.63, 3.8) is 0 Å². The van der Waals surface area contributed by atoms with E-state index in [4.69, 9.17) is 17.3 Å². The van der Waals surface area contributed by atoms with Crippen LogP contribution in [0, 0.1) is 0 Å². The van der Waals surface area contributed by atoms with E-state index in [0.29, 0.717) is 10.8 Å². The maximum absolute atomic E-state index is 6.16. The van der Waals surface area contributed by atoms with Crippen LogP contribution in [0.4, 0.5) is 5.82 Å². The molecular weight excluding hydrogens is 314 g/mol. The average molecular weight is 329 g/mol. The molecule has 0 atom stereocenters. The Labute approximate surface area is 120 Å². The molecule has 1 aromatic carbocycles. The van der Waals surface area contributed by atoms with E-state index < -0.39 is 0 Å². The Kier molecular flexibility index (Phi) is 3.43. The Balaban J connectivity index is 2.52. The number of nitrogens with zero attached hydrogens (tertiary/aromatic N) is 2. The van der Waals surface area contributed by atoms with Gasteiger partial charge < -0.3 is 10.3 Å². The van der Waals surface area contributed by atoms with E-state index in [1.54, 1.807) is 6.33 Å². The molecular formula is C13H15BrClN3. The number of hydrogen-bond donors (Lipinski definition) is 1. The fourth-order valence-electron chi connectivity index (χ4n) is 1.76. The zero-order chi connectivity index (χ0) is 13.5. The third kappa shape index (κ3) is 2.40. The highest BCUT2D eigenvalue weighted by molar-refractivity contribution is 9.10. The molecule has 0 bridgehead atoms. The normalized spacial score (nSPS) is 11.8. The molecule has 0 saturated heterocycles. The van der Waals surface area contributed by atoms with Crippen molar-refractivity contribution < 1.29 is 0 Å². The molecule has 2 N–H and O–H groups in total. The van der Waals surface area contributed by atoms with E-state index >= 15 is 0 Å². The van der Waals surface area contributed by atoms with E-state index in [1.807, 2.05) is 22.8 Å². The number of rotatable bonds is 1. The first-order valence-corrected chi connectivity index (χ1v) is 6.76. The number of nitrogens with two attached hydrogens (primary N) is 1. The fourth-order valence-corrected chi connectivity index (χ4v) is 2.25. The van der Waals surface area contributed by atoms with Gasteiger partial charge in [-0.15, -0.1) is 0 Å². The van der Waals surface area contributed by atoms with Gasteiger partial charge in [-0.3, -0.25) is 0 Å². The van der Waals surface area contributed by atoms with Crippen LogP contribution in [0.2, 0.25) is 5.02 Å². The van der Waals surface area contributed by atoms with Gasteiger partial charge in [-0.1, -0.05) is 17.7 Å². The highest BCUT2D eigenvalue weighted by Crippen LogP contribution is 2.32. The Morgan fingerprint density at radius 1 is 1.33 bits per heavy atom. The number of halogens is 2. The van der Waals surface area contributed by atoms with Crippen LogP contribution in [-0.2, 0) is 5.54 Å². The van der Waals surface area contributed by atoms with Gasteiger partial charge in [-0.2, -0.15) is 0 Å². The van der Waals surface area contributed by atoms with Gasteiger partial charge in [0.25, 0.3) is 0 Å². The van der Waals surface area contributed by atoms with Crippen molar-refractivity contribution in [3.05, 3.63) is 34.0 Å². The number of imidazole rings is 1. The lowest BCUT2D eigenvalue weighted by atomic mass is 10.1. The summed E-state index contributed by atoms with van der Waals surface area (Å²) >= 11 is 9.39. The summed E-state index contributed by atoms with van der Waals surface area (Å²) in [6, 6.07) is 5.67. The van der Waals surface area contributed by atoms with E-state index in [0.717, 1.165) is 15.7 Å². The maximum atomic E-state index is 6.16. The molecule has 96 valence electrons. The molecule has 0 unspecified atom stereocenters. The quantitative estimate of drug-likeness (QED) is 0.848. The molecule has 3 nitrogen and oxygen atoms in total. The highest BCUT2D eigenvalue weighted by atomic mass is 79.9. The van der Waals surface area contributed by atoms with Crippen molar-refractivity contribution in [1.29, 1.82) is 0 Å². The molecule has 5 heteroatoms. The summed E-state index contributed by atoms with van der Waals surface area (Å²) in [5, 5.41) is 0.674. The molecule has 0 amide bonds. The molecule has 2 aromatic rings. The van der Waals surface area contributed by atoms with Crippen molar-refractivity contribution in [1.82, 2.24) is 9.55 Å². The van der Waals surface area contributed by atoms with Crippen molar-refractivity contribution in [2.45, 2.75) is 26.3 Å². The summed E-state index contributed by atoms with van der Waals surface area (Å²) in [6.45, 7) is 6.27. The smallest absolute Gasteiger partial charge is 0.132 e. The van der Waals surface area contributed by atoms with E-state index in [9.17, 15) is 0 Å². The first-order chi connectivity index (χ1) is 8.30. The summed E-state index contributed by atoms with van der Waals surface area (Å²) < 4.78 is 2.80. The lowest BCUT2D eigenvalue weighted by Crippen LogP contribution is -2.22. The zero-order valence-corrected chi connectivity index (χ0v) is 12.9. The van der Waals surface area contributed by atoms with Crippen molar-refractivity contribution in [2.24, 2.45) is 0 Å². The first-order valence-electron chi connectivity index (χ1n) is 5.59. The summed E-state index contributed by atoms with van der Waals surface area (Å²) in [4.78, 5) is 4.40. The summed E-state index contributed by atoms with van der Waals surface area (Å²) in [6.07, 6.45) is 1.77. The van der Waals surface area contributed by atoms with Crippen molar-refractivity contribution in [2.75, 3.05) is 5.73 Å². The number of nitrogen functional groups attached to an aromatic ring is 1. The number of benzene rings is 1. The fraction of sp³-hybridized carbons (Fsp3) is 0.308. The number of aromatic nitrogens is 2. The van der Waals surface area contributed by atoms with Crippen LogP contribution >= 0.6 is 27.5 Å². The molecule has 0 aliphatic rings. The molecule has 18 heavy (non-hydrogen) atoms. The van der Waals surface area contributed by atoms with E-state index in [1.165, 1.54) is 0 Å². The summed E-state index contributed by atoms with van der Waals surface area (Å²) in [5.41, 5.74) is 7.81. The lowest BCUT2D eigenvalue weighted by Gasteiger charge is -2.22. The van der Waals surface area contributed by atoms with Gasteiger partial charge in [0.2, 0.25) is 0 Å². The number of anilines is 1. The highest BCUT2D eigenvalue weighted by Gasteiger charge is 2.19. The van der Waals surface area contributed by atoms with E-state index in [2.05, 4.69) is 41.7 Å². The zero-order valence-electron chi connectivity index (χ0n) is 10.5. The minimum Gasteiger partial charge on any atom is -0.383 e. The van der Waals surface area contributed by atoms with E-state index in [-0.39, 0.29) is 5.54 Å². The summed E-state index contributed by atoms with van der Waals surface area (Å²) in [7, 11) is 0. The Morgan fingerprint density at radius 2 is 2.00 bits per heavy atom. The minimum atomic E-state index is -0.0843. The van der Waals surface area contributed by atoms with Gasteiger partial charge in [0.15, 0.2) is 0 Å². The molecule has 0 aliphatic carbocycles. The van der Waals surface area contributed by atoms with Crippen LogP contribution in [0.1, 0.15) is 20.8 Å². The van der Waals surface area contributed by atoms with Gasteiger partial charge in [-0.25, -0.2) is 4.98 Å². The average Bonchev–Trinajstić information content (AvgIpc) is 2.64. The van der Waals surface area contributed by atoms with Gasteiger partial charge in [0, 0.05) is 15.6 Å². The second-order valence-corrected chi connectivity index (χ2v) is 6.41. The minimum absolute atomic E-state index is 0.0843. The standard InChI is InChI=1S/C13H15BrClN3/c1-13(2,3)18-7-17-11(12(18)16)8-4-5-10(15)9(14)6-8/h4-7H,16H2,1-3H3. The summed E-state index contributed by atoms with van der Waals surface area (Å²) in [5.74, 6) is 0.664. The molecule has 1 aromatic heterocycles. The van der Waals surface area contributed by atoms with Crippen LogP contribution in [0.3, 0.4) is 0 Å². The topological polar surface area (TPSA) is 43.8 Å². The molecule has 0 saturated carbocycles. The molecule has 0 radical (unpaired) electrons. The first kappa shape index (κ1) is 13.4. The second kappa shape index (κ2) is 4.59. The van der Waals surface area contributed by atoms with Crippen LogP contribution in [-0.4, -0.2) is 9.55 Å². The largest absolute Gasteiger partial charge is 0.383 e. The molecule has 0 aliphatic heterocycles. The van der Waals surface area contributed by atoms with Gasteiger partial charge in [0.1, 0.15) is 11.5 Å². The van der Waals surface area contributed by atoms with Crippen LogP contribution in [0.5, 0.6) is 0 Å². The van der Waals surface area contributed by atoms with Gasteiger partial charge >= 0.3 is 0 Å². The number of hydrogen-bond acceptors (Lipinski definition) is 2.